The minimum Gasteiger partial charge on any atom is -0.384 e. The summed E-state index contributed by atoms with van der Waals surface area (Å²) < 4.78 is 0. The fourth-order valence-corrected chi connectivity index (χ4v) is 6.32. The SMILES string of the molecule is Nc1[nH]c(=O)c(C(=O)NCC2CCN(C3CCc4ccccc4NC3=O)CC2)cc1Cl.O=C1Nc2ccccc2CCC1Br. The summed E-state index contributed by atoms with van der Waals surface area (Å²) in [6.45, 7) is 2.06. The number of carbonyl (C=O) groups excluding carboxylic acids is 3. The van der Waals surface area contributed by atoms with Crippen LogP contribution in [0.3, 0.4) is 0 Å². The van der Waals surface area contributed by atoms with E-state index < -0.39 is 11.5 Å². The quantitative estimate of drug-likeness (QED) is 0.259. The van der Waals surface area contributed by atoms with Crippen LogP contribution in [0.5, 0.6) is 0 Å². The predicted octanol–water partition coefficient (Wildman–Crippen LogP) is 4.34. The highest BCUT2D eigenvalue weighted by Gasteiger charge is 2.32. The summed E-state index contributed by atoms with van der Waals surface area (Å²) in [4.78, 5) is 53.0. The number of nitrogens with two attached hydrogens (primary N) is 1. The Bertz CT molecular complexity index is 1590. The molecule has 0 spiro atoms. The Kier molecular flexibility index (Phi) is 10.4. The minimum atomic E-state index is -0.561. The summed E-state index contributed by atoms with van der Waals surface area (Å²) in [6, 6.07) is 17.0. The molecule has 3 aromatic rings. The summed E-state index contributed by atoms with van der Waals surface area (Å²) in [5.41, 5.74) is 9.19. The topological polar surface area (TPSA) is 149 Å². The summed E-state index contributed by atoms with van der Waals surface area (Å²) in [5.74, 6) is -0.0246. The van der Waals surface area contributed by atoms with Gasteiger partial charge in [0.25, 0.3) is 11.5 Å². The van der Waals surface area contributed by atoms with E-state index in [1.807, 2.05) is 36.4 Å². The highest BCUT2D eigenvalue weighted by atomic mass is 79.9. The molecule has 0 saturated carbocycles. The van der Waals surface area contributed by atoms with Gasteiger partial charge in [0.2, 0.25) is 11.8 Å². The molecule has 6 N–H and O–H groups in total. The van der Waals surface area contributed by atoms with Gasteiger partial charge in [-0.1, -0.05) is 63.9 Å². The average Bonchev–Trinajstić information content (AvgIpc) is 3.28. The van der Waals surface area contributed by atoms with Gasteiger partial charge in [-0.25, -0.2) is 0 Å². The Morgan fingerprint density at radius 1 is 0.909 bits per heavy atom. The van der Waals surface area contributed by atoms with Gasteiger partial charge in [0.15, 0.2) is 0 Å². The first-order valence-corrected chi connectivity index (χ1v) is 16.1. The van der Waals surface area contributed by atoms with E-state index in [0.29, 0.717) is 6.54 Å². The molecule has 3 aliphatic heterocycles. The molecule has 2 aromatic carbocycles. The predicted molar refractivity (Wildman–Crippen MR) is 176 cm³/mol. The molecule has 6 rings (SSSR count). The van der Waals surface area contributed by atoms with E-state index in [1.54, 1.807) is 0 Å². The molecule has 0 radical (unpaired) electrons. The molecule has 44 heavy (non-hydrogen) atoms. The lowest BCUT2D eigenvalue weighted by atomic mass is 9.94. The average molecular weight is 684 g/mol. The van der Waals surface area contributed by atoms with Crippen LogP contribution in [0.15, 0.2) is 59.4 Å². The zero-order valence-corrected chi connectivity index (χ0v) is 26.5. The van der Waals surface area contributed by atoms with Crippen LogP contribution in [-0.4, -0.2) is 58.1 Å². The van der Waals surface area contributed by atoms with Crippen molar-refractivity contribution in [3.63, 3.8) is 0 Å². The van der Waals surface area contributed by atoms with E-state index in [4.69, 9.17) is 17.3 Å². The van der Waals surface area contributed by atoms with Crippen LogP contribution in [0.1, 0.15) is 47.2 Å². The number of H-pyrrole nitrogens is 1. The van der Waals surface area contributed by atoms with Crippen LogP contribution < -0.4 is 27.2 Å². The number of pyridine rings is 1. The van der Waals surface area contributed by atoms with Crippen molar-refractivity contribution in [2.75, 3.05) is 36.0 Å². The molecular formula is C32H36BrClN6O4. The van der Waals surface area contributed by atoms with Crippen molar-refractivity contribution in [2.45, 2.75) is 49.4 Å². The van der Waals surface area contributed by atoms with Crippen molar-refractivity contribution < 1.29 is 14.4 Å². The first kappa shape index (κ1) is 31.7. The Morgan fingerprint density at radius 2 is 1.50 bits per heavy atom. The number of aryl methyl sites for hydroxylation is 2. The monoisotopic (exact) mass is 682 g/mol. The number of halogens is 2. The number of para-hydroxylation sites is 2. The van der Waals surface area contributed by atoms with Gasteiger partial charge >= 0.3 is 0 Å². The second-order valence-electron chi connectivity index (χ2n) is 11.3. The first-order valence-electron chi connectivity index (χ1n) is 14.8. The molecule has 0 aliphatic carbocycles. The van der Waals surface area contributed by atoms with Gasteiger partial charge in [-0.3, -0.25) is 24.1 Å². The Balaban J connectivity index is 0.000000245. The maximum absolute atomic E-state index is 12.8. The van der Waals surface area contributed by atoms with Gasteiger partial charge in [0, 0.05) is 17.9 Å². The third-order valence-corrected chi connectivity index (χ3v) is 9.59. The number of hydrogen-bond donors (Lipinski definition) is 5. The normalized spacial score (nSPS) is 20.4. The van der Waals surface area contributed by atoms with E-state index in [-0.39, 0.29) is 45.0 Å². The van der Waals surface area contributed by atoms with E-state index in [1.165, 1.54) is 17.2 Å². The molecular weight excluding hydrogens is 648 g/mol. The number of fused-ring (bicyclic) bond motifs is 2. The van der Waals surface area contributed by atoms with Crippen molar-refractivity contribution in [1.29, 1.82) is 0 Å². The maximum Gasteiger partial charge on any atom is 0.262 e. The van der Waals surface area contributed by atoms with E-state index >= 15 is 0 Å². The highest BCUT2D eigenvalue weighted by Crippen LogP contribution is 2.27. The van der Waals surface area contributed by atoms with Crippen LogP contribution in [0, 0.1) is 5.92 Å². The molecule has 3 amide bonds. The fourth-order valence-electron chi connectivity index (χ4n) is 5.82. The van der Waals surface area contributed by atoms with Crippen LogP contribution in [0.25, 0.3) is 0 Å². The number of likely N-dealkylation sites (tertiary alicyclic amines) is 1. The van der Waals surface area contributed by atoms with Crippen LogP contribution >= 0.6 is 27.5 Å². The number of nitrogens with one attached hydrogen (secondary N) is 4. The highest BCUT2D eigenvalue weighted by molar-refractivity contribution is 9.10. The Morgan fingerprint density at radius 3 is 2.16 bits per heavy atom. The standard InChI is InChI=1S/C22H26ClN5O3.C10H10BrNO/c23-16-11-15(21(30)27-19(16)24)20(29)25-12-13-7-9-28(10-8-13)18-6-5-14-3-1-2-4-17(14)26-22(18)31;11-8-6-5-7-3-1-2-4-9(7)12-10(8)13/h1-4,11,13,18H,5-10,12H2,(H,25,29)(H,26,31)(H3,24,27,30);1-4,8H,5-6H2,(H,12,13). The molecule has 2 unspecified atom stereocenters. The number of hydrogen-bond acceptors (Lipinski definition) is 6. The zero-order valence-electron chi connectivity index (χ0n) is 24.2. The Labute approximate surface area is 269 Å². The lowest BCUT2D eigenvalue weighted by Gasteiger charge is -2.36. The summed E-state index contributed by atoms with van der Waals surface area (Å²) >= 11 is 9.26. The fraction of sp³-hybridized carbons (Fsp3) is 0.375. The lowest BCUT2D eigenvalue weighted by Crippen LogP contribution is -2.48. The minimum absolute atomic E-state index is 0.0428. The maximum atomic E-state index is 12.8. The van der Waals surface area contributed by atoms with Crippen molar-refractivity contribution in [2.24, 2.45) is 5.92 Å². The van der Waals surface area contributed by atoms with Crippen molar-refractivity contribution >= 4 is 62.4 Å². The third-order valence-electron chi connectivity index (χ3n) is 8.40. The van der Waals surface area contributed by atoms with Crippen LogP contribution in [0.4, 0.5) is 17.2 Å². The molecule has 0 bridgehead atoms. The Hall–Kier alpha value is -3.67. The van der Waals surface area contributed by atoms with E-state index in [9.17, 15) is 19.2 Å². The molecule has 1 fully saturated rings. The number of rotatable bonds is 4. The summed E-state index contributed by atoms with van der Waals surface area (Å²) in [7, 11) is 0. The molecule has 10 nitrogen and oxygen atoms in total. The number of nitrogen functional groups attached to an aromatic ring is 1. The molecule has 232 valence electrons. The second-order valence-corrected chi connectivity index (χ2v) is 12.8. The van der Waals surface area contributed by atoms with Gasteiger partial charge in [0.05, 0.1) is 15.9 Å². The van der Waals surface area contributed by atoms with Gasteiger partial charge in [-0.05, 0) is 86.9 Å². The van der Waals surface area contributed by atoms with Crippen molar-refractivity contribution in [3.05, 3.63) is 86.7 Å². The molecule has 1 saturated heterocycles. The van der Waals surface area contributed by atoms with Crippen LogP contribution in [0.2, 0.25) is 5.02 Å². The first-order chi connectivity index (χ1) is 21.2. The largest absolute Gasteiger partial charge is 0.384 e. The lowest BCUT2D eigenvalue weighted by molar-refractivity contribution is -0.122. The number of nitrogens with zero attached hydrogens (tertiary/aromatic N) is 1. The van der Waals surface area contributed by atoms with Crippen LogP contribution in [-0.2, 0) is 22.4 Å². The van der Waals surface area contributed by atoms with Crippen molar-refractivity contribution in [1.82, 2.24) is 15.2 Å². The third kappa shape index (κ3) is 7.69. The second kappa shape index (κ2) is 14.4. The van der Waals surface area contributed by atoms with E-state index in [0.717, 1.165) is 63.0 Å². The number of amides is 3. The van der Waals surface area contributed by atoms with Gasteiger partial charge < -0.3 is 26.7 Å². The van der Waals surface area contributed by atoms with Crippen molar-refractivity contribution in [3.8, 4) is 0 Å². The van der Waals surface area contributed by atoms with Gasteiger partial charge in [-0.2, -0.15) is 0 Å². The summed E-state index contributed by atoms with van der Waals surface area (Å²) in [6.07, 6.45) is 5.22. The summed E-state index contributed by atoms with van der Waals surface area (Å²) in [5, 5.41) is 8.92. The molecule has 2 atom stereocenters. The molecule has 12 heteroatoms. The molecule has 3 aliphatic rings. The number of piperidine rings is 1. The number of aromatic amines is 1. The number of aromatic nitrogens is 1. The number of anilines is 3. The smallest absolute Gasteiger partial charge is 0.262 e. The number of alkyl halides is 1. The van der Waals surface area contributed by atoms with E-state index in [2.05, 4.69) is 53.9 Å². The molecule has 4 heterocycles. The van der Waals surface area contributed by atoms with Gasteiger partial charge in [-0.15, -0.1) is 0 Å². The van der Waals surface area contributed by atoms with Gasteiger partial charge in [0.1, 0.15) is 11.4 Å². The zero-order chi connectivity index (χ0) is 31.2. The molecule has 1 aromatic heterocycles. The number of carbonyl (C=O) groups is 3. The number of benzene rings is 2.